The Balaban J connectivity index is 1.51. The quantitative estimate of drug-likeness (QED) is 0.555. The number of hydrogen-bond donors (Lipinski definition) is 2. The lowest BCUT2D eigenvalue weighted by Crippen LogP contribution is -2.49. The van der Waals surface area contributed by atoms with Crippen LogP contribution < -0.4 is 10.6 Å². The number of carbonyl (C=O) groups is 2. The molecule has 0 aliphatic heterocycles. The maximum atomic E-state index is 13.4. The van der Waals surface area contributed by atoms with Gasteiger partial charge in [-0.2, -0.15) is 5.10 Å². The monoisotopic (exact) mass is 464 g/mol. The molecule has 0 radical (unpaired) electrons. The van der Waals surface area contributed by atoms with Gasteiger partial charge in [0.25, 0.3) is 5.91 Å². The Morgan fingerprint density at radius 2 is 1.91 bits per heavy atom. The highest BCUT2D eigenvalue weighted by atomic mass is 16.2. The van der Waals surface area contributed by atoms with Crippen molar-refractivity contribution in [2.24, 2.45) is 18.9 Å². The summed E-state index contributed by atoms with van der Waals surface area (Å²) in [5.41, 5.74) is 3.30. The molecule has 1 aliphatic carbocycles. The van der Waals surface area contributed by atoms with Crippen molar-refractivity contribution in [3.63, 3.8) is 0 Å². The summed E-state index contributed by atoms with van der Waals surface area (Å²) in [6.07, 6.45) is 8.81. The summed E-state index contributed by atoms with van der Waals surface area (Å²) in [5.74, 6) is 0.520. The first kappa shape index (κ1) is 23.6. The number of aryl methyl sites for hydroxylation is 3. The van der Waals surface area contributed by atoms with Gasteiger partial charge in [-0.05, 0) is 56.2 Å². The summed E-state index contributed by atoms with van der Waals surface area (Å²) in [7, 11) is 1.89. The smallest absolute Gasteiger partial charge is 0.271 e. The van der Waals surface area contributed by atoms with Crippen LogP contribution in [0.15, 0.2) is 30.7 Å². The van der Waals surface area contributed by atoms with Crippen molar-refractivity contribution in [2.45, 2.75) is 59.0 Å². The van der Waals surface area contributed by atoms with Crippen LogP contribution in [0.3, 0.4) is 0 Å². The molecule has 34 heavy (non-hydrogen) atoms. The second kappa shape index (κ2) is 10.1. The fourth-order valence-corrected chi connectivity index (χ4v) is 4.67. The van der Waals surface area contributed by atoms with Crippen LogP contribution >= 0.6 is 0 Å². The van der Waals surface area contributed by atoms with E-state index in [1.54, 1.807) is 16.9 Å². The van der Waals surface area contributed by atoms with E-state index in [4.69, 9.17) is 0 Å². The molecule has 2 N–H and O–H groups in total. The van der Waals surface area contributed by atoms with Crippen molar-refractivity contribution in [1.29, 1.82) is 0 Å². The SMILES string of the molecule is CCn1nncc1C(=O)NC(C(=O)Nc1ccc(-c2c(C)cnn2C)cn1)[C@H]1CC[C@H](C)CC1. The minimum Gasteiger partial charge on any atom is -0.339 e. The Kier molecular flexibility index (Phi) is 7.04. The molecule has 3 heterocycles. The highest BCUT2D eigenvalue weighted by Crippen LogP contribution is 2.31. The Morgan fingerprint density at radius 3 is 2.53 bits per heavy atom. The number of anilines is 1. The summed E-state index contributed by atoms with van der Waals surface area (Å²) in [6, 6.07) is 3.02. The van der Waals surface area contributed by atoms with E-state index < -0.39 is 6.04 Å². The van der Waals surface area contributed by atoms with E-state index in [0.717, 1.165) is 42.5 Å². The largest absolute Gasteiger partial charge is 0.339 e. The Labute approximate surface area is 199 Å². The average Bonchev–Trinajstić information content (AvgIpc) is 3.45. The number of aromatic nitrogens is 6. The van der Waals surface area contributed by atoms with Gasteiger partial charge in [0.1, 0.15) is 17.6 Å². The predicted octanol–water partition coefficient (Wildman–Crippen LogP) is 2.97. The van der Waals surface area contributed by atoms with Gasteiger partial charge < -0.3 is 10.6 Å². The summed E-state index contributed by atoms with van der Waals surface area (Å²) in [4.78, 5) is 30.8. The molecular formula is C24H32N8O2. The molecule has 10 heteroatoms. The number of rotatable bonds is 7. The first-order valence-electron chi connectivity index (χ1n) is 11.8. The molecular weight excluding hydrogens is 432 g/mol. The minimum atomic E-state index is -0.666. The van der Waals surface area contributed by atoms with E-state index in [2.05, 4.69) is 38.0 Å². The molecule has 1 aliphatic rings. The van der Waals surface area contributed by atoms with Crippen LogP contribution in [-0.2, 0) is 18.4 Å². The first-order valence-corrected chi connectivity index (χ1v) is 11.8. The molecule has 180 valence electrons. The molecule has 3 aromatic heterocycles. The van der Waals surface area contributed by atoms with Crippen LogP contribution in [0.4, 0.5) is 5.82 Å². The van der Waals surface area contributed by atoms with Crippen molar-refractivity contribution in [2.75, 3.05) is 5.32 Å². The summed E-state index contributed by atoms with van der Waals surface area (Å²) in [6.45, 7) is 6.63. The first-order chi connectivity index (χ1) is 16.4. The van der Waals surface area contributed by atoms with Crippen LogP contribution in [0.2, 0.25) is 0 Å². The summed E-state index contributed by atoms with van der Waals surface area (Å²) < 4.78 is 3.32. The molecule has 0 aromatic carbocycles. The van der Waals surface area contributed by atoms with Gasteiger partial charge in [0.2, 0.25) is 5.91 Å². The third kappa shape index (κ3) is 5.00. The van der Waals surface area contributed by atoms with Gasteiger partial charge in [-0.15, -0.1) is 5.10 Å². The minimum absolute atomic E-state index is 0.0578. The van der Waals surface area contributed by atoms with Crippen LogP contribution in [0.25, 0.3) is 11.3 Å². The van der Waals surface area contributed by atoms with Crippen molar-refractivity contribution < 1.29 is 9.59 Å². The maximum Gasteiger partial charge on any atom is 0.271 e. The molecule has 2 amide bonds. The molecule has 0 spiro atoms. The van der Waals surface area contributed by atoms with Crippen LogP contribution in [0.5, 0.6) is 0 Å². The summed E-state index contributed by atoms with van der Waals surface area (Å²) in [5, 5.41) is 17.9. The van der Waals surface area contributed by atoms with Gasteiger partial charge in [-0.1, -0.05) is 25.0 Å². The fourth-order valence-electron chi connectivity index (χ4n) is 4.67. The summed E-state index contributed by atoms with van der Waals surface area (Å²) >= 11 is 0. The number of nitrogens with zero attached hydrogens (tertiary/aromatic N) is 6. The third-order valence-corrected chi connectivity index (χ3v) is 6.66. The Morgan fingerprint density at radius 1 is 1.15 bits per heavy atom. The molecule has 1 fully saturated rings. The van der Waals surface area contributed by atoms with Crippen molar-refractivity contribution >= 4 is 17.6 Å². The van der Waals surface area contributed by atoms with Gasteiger partial charge in [0, 0.05) is 25.4 Å². The highest BCUT2D eigenvalue weighted by molar-refractivity contribution is 6.00. The van der Waals surface area contributed by atoms with Crippen LogP contribution in [0.1, 0.15) is 55.6 Å². The average molecular weight is 465 g/mol. The van der Waals surface area contributed by atoms with E-state index in [9.17, 15) is 9.59 Å². The zero-order valence-corrected chi connectivity index (χ0v) is 20.2. The lowest BCUT2D eigenvalue weighted by atomic mass is 9.79. The molecule has 3 aromatic rings. The molecule has 0 saturated heterocycles. The number of nitrogens with one attached hydrogen (secondary N) is 2. The molecule has 1 atom stereocenters. The van der Waals surface area contributed by atoms with E-state index >= 15 is 0 Å². The van der Waals surface area contributed by atoms with Gasteiger partial charge in [-0.3, -0.25) is 14.3 Å². The normalized spacial score (nSPS) is 18.9. The van der Waals surface area contributed by atoms with E-state index in [0.29, 0.717) is 24.0 Å². The maximum absolute atomic E-state index is 13.4. The van der Waals surface area contributed by atoms with E-state index in [1.165, 1.54) is 10.9 Å². The van der Waals surface area contributed by atoms with Crippen molar-refractivity contribution in [3.05, 3.63) is 42.0 Å². The van der Waals surface area contributed by atoms with Crippen molar-refractivity contribution in [3.8, 4) is 11.3 Å². The number of carbonyl (C=O) groups excluding carboxylic acids is 2. The molecule has 1 unspecified atom stereocenters. The van der Waals surface area contributed by atoms with Crippen LogP contribution in [0, 0.1) is 18.8 Å². The topological polar surface area (TPSA) is 120 Å². The van der Waals surface area contributed by atoms with Gasteiger partial charge in [0.15, 0.2) is 0 Å². The highest BCUT2D eigenvalue weighted by Gasteiger charge is 2.33. The molecule has 0 bridgehead atoms. The van der Waals surface area contributed by atoms with Gasteiger partial charge >= 0.3 is 0 Å². The third-order valence-electron chi connectivity index (χ3n) is 6.66. The zero-order valence-electron chi connectivity index (χ0n) is 20.2. The van der Waals surface area contributed by atoms with Gasteiger partial charge in [0.05, 0.1) is 18.1 Å². The lowest BCUT2D eigenvalue weighted by Gasteiger charge is -2.32. The second-order valence-corrected chi connectivity index (χ2v) is 9.13. The van der Waals surface area contributed by atoms with E-state index in [1.807, 2.05) is 33.2 Å². The lowest BCUT2D eigenvalue weighted by molar-refractivity contribution is -0.119. The van der Waals surface area contributed by atoms with Gasteiger partial charge in [-0.25, -0.2) is 9.67 Å². The number of pyridine rings is 1. The zero-order chi connectivity index (χ0) is 24.2. The Bertz CT molecular complexity index is 1120. The second-order valence-electron chi connectivity index (χ2n) is 9.13. The number of amides is 2. The van der Waals surface area contributed by atoms with Crippen molar-refractivity contribution in [1.82, 2.24) is 35.1 Å². The standard InChI is InChI=1S/C24H32N8O2/c1-5-32-19(14-26-30-32)23(33)29-21(17-8-6-15(2)7-9-17)24(34)28-20-11-10-18(13-25-20)22-16(3)12-27-31(22)4/h10-15,17,21H,5-9H2,1-4H3,(H,29,33)(H,25,28,34)/t15-,17-,21?. The fraction of sp³-hybridized carbons (Fsp3) is 0.500. The number of hydrogen-bond acceptors (Lipinski definition) is 6. The molecule has 10 nitrogen and oxygen atoms in total. The molecule has 4 rings (SSSR count). The Hall–Kier alpha value is -3.56. The van der Waals surface area contributed by atoms with Crippen LogP contribution in [-0.4, -0.2) is 47.6 Å². The van der Waals surface area contributed by atoms with E-state index in [-0.39, 0.29) is 17.7 Å². The predicted molar refractivity (Wildman–Crippen MR) is 128 cm³/mol. The molecule has 1 saturated carbocycles.